The van der Waals surface area contributed by atoms with E-state index in [-0.39, 0.29) is 11.8 Å². The molecule has 1 heterocycles. The predicted octanol–water partition coefficient (Wildman–Crippen LogP) is 4.81. The molecule has 0 fully saturated rings. The largest absolute Gasteiger partial charge is 0.497 e. The Morgan fingerprint density at radius 2 is 1.97 bits per heavy atom. The Balaban J connectivity index is 1.73. The van der Waals surface area contributed by atoms with Crippen molar-refractivity contribution >= 4 is 17.4 Å². The first-order valence-corrected chi connectivity index (χ1v) is 10.2. The molecule has 0 amide bonds. The number of aromatic nitrogens is 3. The number of rotatable bonds is 10. The molecule has 0 radical (unpaired) electrons. The van der Waals surface area contributed by atoms with Crippen molar-refractivity contribution in [3.63, 3.8) is 0 Å². The van der Waals surface area contributed by atoms with Gasteiger partial charge in [-0.05, 0) is 24.6 Å². The lowest BCUT2D eigenvalue weighted by molar-refractivity contribution is -0.384. The summed E-state index contributed by atoms with van der Waals surface area (Å²) in [5.74, 6) is 2.68. The van der Waals surface area contributed by atoms with E-state index in [9.17, 15) is 10.1 Å². The van der Waals surface area contributed by atoms with E-state index in [1.807, 2.05) is 35.8 Å². The molecule has 0 bridgehead atoms. The number of allylic oxidation sites excluding steroid dienone is 1. The van der Waals surface area contributed by atoms with Gasteiger partial charge in [0, 0.05) is 30.5 Å². The third-order valence-corrected chi connectivity index (χ3v) is 5.33. The van der Waals surface area contributed by atoms with E-state index in [1.54, 1.807) is 25.3 Å². The van der Waals surface area contributed by atoms with Crippen LogP contribution < -0.4 is 9.47 Å². The summed E-state index contributed by atoms with van der Waals surface area (Å²) in [5.41, 5.74) is 1.03. The van der Waals surface area contributed by atoms with Gasteiger partial charge in [0.15, 0.2) is 17.1 Å². The smallest absolute Gasteiger partial charge is 0.269 e. The number of thioether (sulfide) groups is 1. The van der Waals surface area contributed by atoms with Crippen molar-refractivity contribution in [3.05, 3.63) is 82.7 Å². The van der Waals surface area contributed by atoms with Crippen LogP contribution in [-0.4, -0.2) is 26.8 Å². The van der Waals surface area contributed by atoms with Gasteiger partial charge in [0.25, 0.3) is 5.69 Å². The van der Waals surface area contributed by atoms with Crippen LogP contribution in [0, 0.1) is 10.1 Å². The number of methoxy groups -OCH3 is 1. The highest BCUT2D eigenvalue weighted by Crippen LogP contribution is 2.28. The molecule has 0 N–H and O–H groups in total. The third-order valence-electron chi connectivity index (χ3n) is 4.29. The van der Waals surface area contributed by atoms with Gasteiger partial charge in [-0.15, -0.1) is 16.8 Å². The van der Waals surface area contributed by atoms with Crippen LogP contribution in [0.25, 0.3) is 0 Å². The fourth-order valence-corrected chi connectivity index (χ4v) is 3.71. The summed E-state index contributed by atoms with van der Waals surface area (Å²) in [7, 11) is 1.61. The molecule has 3 aromatic rings. The second-order valence-corrected chi connectivity index (χ2v) is 7.33. The minimum Gasteiger partial charge on any atom is -0.497 e. The highest BCUT2D eigenvalue weighted by molar-refractivity contribution is 7.98. The molecular formula is C21H22N4O4S. The second kappa shape index (κ2) is 9.93. The summed E-state index contributed by atoms with van der Waals surface area (Å²) in [6.45, 7) is 6.27. The summed E-state index contributed by atoms with van der Waals surface area (Å²) in [6.07, 6.45) is 1.44. The van der Waals surface area contributed by atoms with E-state index in [0.29, 0.717) is 29.6 Å². The number of hydrogen-bond donors (Lipinski definition) is 0. The zero-order chi connectivity index (χ0) is 21.5. The molecule has 1 aromatic heterocycles. The summed E-state index contributed by atoms with van der Waals surface area (Å²) in [5, 5.41) is 20.1. The lowest BCUT2D eigenvalue weighted by atomic mass is 10.2. The highest BCUT2D eigenvalue weighted by atomic mass is 32.2. The van der Waals surface area contributed by atoms with Gasteiger partial charge < -0.3 is 9.47 Å². The normalized spacial score (nSPS) is 11.7. The Hall–Kier alpha value is -3.33. The van der Waals surface area contributed by atoms with Crippen LogP contribution in [0.3, 0.4) is 0 Å². The zero-order valence-electron chi connectivity index (χ0n) is 16.7. The van der Waals surface area contributed by atoms with Crippen molar-refractivity contribution in [1.29, 1.82) is 0 Å². The number of nitro benzene ring substituents is 1. The van der Waals surface area contributed by atoms with E-state index in [1.165, 1.54) is 23.9 Å². The van der Waals surface area contributed by atoms with E-state index >= 15 is 0 Å². The monoisotopic (exact) mass is 426 g/mol. The van der Waals surface area contributed by atoms with Crippen molar-refractivity contribution in [2.45, 2.75) is 30.5 Å². The molecule has 2 aromatic carbocycles. The van der Waals surface area contributed by atoms with Crippen molar-refractivity contribution in [2.24, 2.45) is 0 Å². The molecule has 3 rings (SSSR count). The first-order chi connectivity index (χ1) is 14.5. The summed E-state index contributed by atoms with van der Waals surface area (Å²) in [6, 6.07) is 13.9. The third kappa shape index (κ3) is 5.18. The number of ether oxygens (including phenoxy) is 2. The van der Waals surface area contributed by atoms with Crippen LogP contribution in [0.15, 0.2) is 66.3 Å². The van der Waals surface area contributed by atoms with Crippen LogP contribution >= 0.6 is 11.8 Å². The van der Waals surface area contributed by atoms with Crippen molar-refractivity contribution < 1.29 is 14.4 Å². The van der Waals surface area contributed by atoms with Crippen LogP contribution in [0.4, 0.5) is 5.69 Å². The number of nitro groups is 1. The summed E-state index contributed by atoms with van der Waals surface area (Å²) >= 11 is 1.50. The molecule has 0 aliphatic carbocycles. The summed E-state index contributed by atoms with van der Waals surface area (Å²) < 4.78 is 13.2. The molecule has 0 spiro atoms. The average Bonchev–Trinajstić information content (AvgIpc) is 3.15. The molecule has 1 unspecified atom stereocenters. The fraction of sp³-hybridized carbons (Fsp3) is 0.238. The molecule has 8 nitrogen and oxygen atoms in total. The fourth-order valence-electron chi connectivity index (χ4n) is 2.80. The second-order valence-electron chi connectivity index (χ2n) is 6.39. The topological polar surface area (TPSA) is 92.3 Å². The molecule has 1 atom stereocenters. The number of hydrogen-bond acceptors (Lipinski definition) is 7. The highest BCUT2D eigenvalue weighted by Gasteiger charge is 2.19. The standard InChI is InChI=1S/C21H22N4O4S/c1-4-12-24-20(15(2)29-19-7-5-6-18(13-19)28-3)22-23-21(24)30-14-16-8-10-17(11-9-16)25(26)27/h4-11,13,15H,1,12,14H2,2-3H3. The van der Waals surface area contributed by atoms with Crippen LogP contribution in [-0.2, 0) is 12.3 Å². The van der Waals surface area contributed by atoms with Gasteiger partial charge in [0.2, 0.25) is 0 Å². The van der Waals surface area contributed by atoms with E-state index in [4.69, 9.17) is 9.47 Å². The molecule has 30 heavy (non-hydrogen) atoms. The van der Waals surface area contributed by atoms with Gasteiger partial charge >= 0.3 is 0 Å². The minimum atomic E-state index is -0.409. The first kappa shape index (κ1) is 21.4. The Kier molecular flexibility index (Phi) is 7.08. The molecule has 0 aliphatic rings. The van der Waals surface area contributed by atoms with E-state index in [0.717, 1.165) is 10.7 Å². The van der Waals surface area contributed by atoms with Crippen molar-refractivity contribution in [3.8, 4) is 11.5 Å². The Bertz CT molecular complexity index is 1020. The van der Waals surface area contributed by atoms with Gasteiger partial charge in [-0.1, -0.05) is 36.0 Å². The van der Waals surface area contributed by atoms with Crippen LogP contribution in [0.1, 0.15) is 24.4 Å². The maximum Gasteiger partial charge on any atom is 0.269 e. The quantitative estimate of drug-likeness (QED) is 0.199. The lowest BCUT2D eigenvalue weighted by Crippen LogP contribution is -2.12. The Morgan fingerprint density at radius 3 is 2.63 bits per heavy atom. The lowest BCUT2D eigenvalue weighted by Gasteiger charge is -2.16. The number of nitrogens with zero attached hydrogens (tertiary/aromatic N) is 4. The van der Waals surface area contributed by atoms with Crippen molar-refractivity contribution in [2.75, 3.05) is 7.11 Å². The summed E-state index contributed by atoms with van der Waals surface area (Å²) in [4.78, 5) is 10.4. The van der Waals surface area contributed by atoms with Gasteiger partial charge in [-0.2, -0.15) is 0 Å². The molecule has 0 aliphatic heterocycles. The molecule has 0 saturated carbocycles. The minimum absolute atomic E-state index is 0.0735. The van der Waals surface area contributed by atoms with E-state index in [2.05, 4.69) is 16.8 Å². The van der Waals surface area contributed by atoms with Crippen LogP contribution in [0.5, 0.6) is 11.5 Å². The Labute approximate surface area is 178 Å². The van der Waals surface area contributed by atoms with Gasteiger partial charge in [-0.25, -0.2) is 0 Å². The SMILES string of the molecule is C=CCn1c(SCc2ccc([N+](=O)[O-])cc2)nnc1C(C)Oc1cccc(OC)c1. The van der Waals surface area contributed by atoms with E-state index < -0.39 is 4.92 Å². The molecule has 0 saturated heterocycles. The zero-order valence-corrected chi connectivity index (χ0v) is 17.5. The molecule has 156 valence electrons. The van der Waals surface area contributed by atoms with Gasteiger partial charge in [0.1, 0.15) is 11.5 Å². The molecule has 9 heteroatoms. The first-order valence-electron chi connectivity index (χ1n) is 9.22. The number of benzene rings is 2. The number of non-ortho nitro benzene ring substituents is 1. The van der Waals surface area contributed by atoms with Crippen LogP contribution in [0.2, 0.25) is 0 Å². The maximum absolute atomic E-state index is 10.8. The Morgan fingerprint density at radius 1 is 1.23 bits per heavy atom. The maximum atomic E-state index is 10.8. The predicted molar refractivity (Wildman–Crippen MR) is 115 cm³/mol. The van der Waals surface area contributed by atoms with Crippen molar-refractivity contribution in [1.82, 2.24) is 14.8 Å². The molecular weight excluding hydrogens is 404 g/mol. The van der Waals surface area contributed by atoms with Gasteiger partial charge in [0.05, 0.1) is 12.0 Å². The van der Waals surface area contributed by atoms with Gasteiger partial charge in [-0.3, -0.25) is 14.7 Å². The average molecular weight is 426 g/mol.